The van der Waals surface area contributed by atoms with Gasteiger partial charge >= 0.3 is 0 Å². The molecule has 2 amide bonds. The molecule has 2 unspecified atom stereocenters. The van der Waals surface area contributed by atoms with Crippen LogP contribution >= 0.6 is 0 Å². The molecule has 1 saturated carbocycles. The van der Waals surface area contributed by atoms with Crippen LogP contribution < -0.4 is 10.6 Å². The summed E-state index contributed by atoms with van der Waals surface area (Å²) in [6.07, 6.45) is 6.26. The van der Waals surface area contributed by atoms with E-state index in [4.69, 9.17) is 5.73 Å². The monoisotopic (exact) mass is 321 g/mol. The first-order valence-electron chi connectivity index (χ1n) is 8.29. The van der Waals surface area contributed by atoms with Gasteiger partial charge in [-0.1, -0.05) is 6.07 Å². The highest BCUT2D eigenvalue weighted by molar-refractivity contribution is 5.99. The molecule has 2 N–H and O–H groups in total. The molecule has 2 aromatic rings. The molecule has 0 spiro atoms. The van der Waals surface area contributed by atoms with E-state index in [0.717, 1.165) is 42.6 Å². The molecular formula is C19H19N3O2. The van der Waals surface area contributed by atoms with Crippen molar-refractivity contribution in [2.75, 3.05) is 11.4 Å². The zero-order chi connectivity index (χ0) is 16.7. The Morgan fingerprint density at radius 1 is 1.25 bits per heavy atom. The van der Waals surface area contributed by atoms with Crippen molar-refractivity contribution in [3.63, 3.8) is 0 Å². The molecular weight excluding hydrogens is 302 g/mol. The standard InChI is InChI=1S/C19H19N3O2/c20-18(23)13-5-6-17-12(9-13)4-2-8-22(17)19(24)16-10-15(16)14-3-1-7-21-11-14/h1,3,5-7,9,11,15-16H,2,4,8,10H2,(H2,20,23). The van der Waals surface area contributed by atoms with Gasteiger partial charge in [-0.3, -0.25) is 14.6 Å². The van der Waals surface area contributed by atoms with E-state index in [-0.39, 0.29) is 17.7 Å². The summed E-state index contributed by atoms with van der Waals surface area (Å²) < 4.78 is 0. The maximum absolute atomic E-state index is 12.9. The van der Waals surface area contributed by atoms with E-state index in [0.29, 0.717) is 5.56 Å². The van der Waals surface area contributed by atoms with Crippen LogP contribution in [0.25, 0.3) is 0 Å². The van der Waals surface area contributed by atoms with Gasteiger partial charge < -0.3 is 10.6 Å². The molecule has 24 heavy (non-hydrogen) atoms. The van der Waals surface area contributed by atoms with Crippen LogP contribution in [0.4, 0.5) is 5.69 Å². The van der Waals surface area contributed by atoms with Gasteiger partial charge in [-0.25, -0.2) is 0 Å². The fraction of sp³-hybridized carbons (Fsp3) is 0.316. The number of nitrogens with zero attached hydrogens (tertiary/aromatic N) is 2. The number of rotatable bonds is 3. The van der Waals surface area contributed by atoms with Gasteiger partial charge in [0, 0.05) is 36.1 Å². The summed E-state index contributed by atoms with van der Waals surface area (Å²) in [6, 6.07) is 9.33. The molecule has 122 valence electrons. The van der Waals surface area contributed by atoms with Crippen LogP contribution in [0.2, 0.25) is 0 Å². The average molecular weight is 321 g/mol. The molecule has 0 saturated heterocycles. The summed E-state index contributed by atoms with van der Waals surface area (Å²) in [5.41, 5.74) is 8.95. The maximum atomic E-state index is 12.9. The molecule has 2 heterocycles. The second-order valence-corrected chi connectivity index (χ2v) is 6.54. The predicted molar refractivity (Wildman–Crippen MR) is 90.7 cm³/mol. The van der Waals surface area contributed by atoms with Crippen LogP contribution in [0.5, 0.6) is 0 Å². The van der Waals surface area contributed by atoms with E-state index in [9.17, 15) is 9.59 Å². The Labute approximate surface area is 140 Å². The third-order valence-electron chi connectivity index (χ3n) is 4.97. The molecule has 1 aliphatic heterocycles. The number of carbonyl (C=O) groups is 2. The molecule has 1 aliphatic carbocycles. The van der Waals surface area contributed by atoms with E-state index >= 15 is 0 Å². The molecule has 1 aromatic heterocycles. The van der Waals surface area contributed by atoms with E-state index < -0.39 is 5.91 Å². The van der Waals surface area contributed by atoms with E-state index in [1.165, 1.54) is 0 Å². The van der Waals surface area contributed by atoms with E-state index in [2.05, 4.69) is 4.98 Å². The number of nitrogens with two attached hydrogens (primary N) is 1. The number of primary amides is 1. The maximum Gasteiger partial charge on any atom is 0.248 e. The minimum atomic E-state index is -0.430. The second kappa shape index (κ2) is 5.74. The van der Waals surface area contributed by atoms with Crippen molar-refractivity contribution in [2.24, 2.45) is 11.7 Å². The van der Waals surface area contributed by atoms with E-state index in [1.54, 1.807) is 12.3 Å². The molecule has 4 rings (SSSR count). The average Bonchev–Trinajstić information content (AvgIpc) is 3.41. The van der Waals surface area contributed by atoms with Crippen molar-refractivity contribution < 1.29 is 9.59 Å². The second-order valence-electron chi connectivity index (χ2n) is 6.54. The summed E-state index contributed by atoms with van der Waals surface area (Å²) in [5.74, 6) is 0.0640. The predicted octanol–water partition coefficient (Wildman–Crippen LogP) is 2.26. The number of hydrogen-bond donors (Lipinski definition) is 1. The lowest BCUT2D eigenvalue weighted by molar-refractivity contribution is -0.120. The van der Waals surface area contributed by atoms with Crippen LogP contribution in [-0.2, 0) is 11.2 Å². The van der Waals surface area contributed by atoms with Crippen LogP contribution in [0.3, 0.4) is 0 Å². The summed E-state index contributed by atoms with van der Waals surface area (Å²) in [6.45, 7) is 0.734. The van der Waals surface area contributed by atoms with Gasteiger partial charge in [-0.15, -0.1) is 0 Å². The Bertz CT molecular complexity index is 804. The van der Waals surface area contributed by atoms with Gasteiger partial charge in [0.05, 0.1) is 0 Å². The summed E-state index contributed by atoms with van der Waals surface area (Å²) in [4.78, 5) is 30.3. The van der Waals surface area contributed by atoms with Gasteiger partial charge in [0.2, 0.25) is 11.8 Å². The minimum absolute atomic E-state index is 0.0379. The summed E-state index contributed by atoms with van der Waals surface area (Å²) in [7, 11) is 0. The first-order valence-corrected chi connectivity index (χ1v) is 8.29. The van der Waals surface area contributed by atoms with Crippen molar-refractivity contribution in [1.29, 1.82) is 0 Å². The molecule has 0 radical (unpaired) electrons. The Hall–Kier alpha value is -2.69. The summed E-state index contributed by atoms with van der Waals surface area (Å²) in [5, 5.41) is 0. The van der Waals surface area contributed by atoms with Crippen LogP contribution in [0.1, 0.15) is 40.2 Å². The Morgan fingerprint density at radius 3 is 2.88 bits per heavy atom. The largest absolute Gasteiger partial charge is 0.366 e. The number of hydrogen-bond acceptors (Lipinski definition) is 3. The number of aromatic nitrogens is 1. The number of anilines is 1. The van der Waals surface area contributed by atoms with Crippen molar-refractivity contribution in [3.8, 4) is 0 Å². The van der Waals surface area contributed by atoms with Gasteiger partial charge in [-0.05, 0) is 60.6 Å². The molecule has 5 nitrogen and oxygen atoms in total. The molecule has 0 bridgehead atoms. The van der Waals surface area contributed by atoms with Crippen molar-refractivity contribution in [2.45, 2.75) is 25.2 Å². The Balaban J connectivity index is 1.56. The third-order valence-corrected chi connectivity index (χ3v) is 4.97. The highest BCUT2D eigenvalue weighted by atomic mass is 16.2. The van der Waals surface area contributed by atoms with Crippen molar-refractivity contribution >= 4 is 17.5 Å². The quantitative estimate of drug-likeness (QED) is 0.942. The summed E-state index contributed by atoms with van der Waals surface area (Å²) >= 11 is 0. The van der Waals surface area contributed by atoms with Crippen LogP contribution in [-0.4, -0.2) is 23.3 Å². The Kier molecular flexibility index (Phi) is 3.56. The molecule has 5 heteroatoms. The number of aryl methyl sites for hydroxylation is 1. The topological polar surface area (TPSA) is 76.3 Å². The minimum Gasteiger partial charge on any atom is -0.366 e. The normalized spacial score (nSPS) is 21.9. The van der Waals surface area contributed by atoms with Crippen molar-refractivity contribution in [1.82, 2.24) is 4.98 Å². The molecule has 2 atom stereocenters. The molecule has 1 aromatic carbocycles. The number of carbonyl (C=O) groups excluding carboxylic acids is 2. The lowest BCUT2D eigenvalue weighted by atomic mass is 9.98. The lowest BCUT2D eigenvalue weighted by Gasteiger charge is -2.30. The fourth-order valence-electron chi connectivity index (χ4n) is 3.61. The highest BCUT2D eigenvalue weighted by Gasteiger charge is 2.46. The number of benzene rings is 1. The zero-order valence-electron chi connectivity index (χ0n) is 13.3. The molecule has 1 fully saturated rings. The fourth-order valence-corrected chi connectivity index (χ4v) is 3.61. The first kappa shape index (κ1) is 14.9. The van der Waals surface area contributed by atoms with E-state index in [1.807, 2.05) is 35.4 Å². The number of fused-ring (bicyclic) bond motifs is 1. The lowest BCUT2D eigenvalue weighted by Crippen LogP contribution is -2.37. The van der Waals surface area contributed by atoms with Crippen molar-refractivity contribution in [3.05, 3.63) is 59.4 Å². The van der Waals surface area contributed by atoms with Crippen LogP contribution in [0, 0.1) is 5.92 Å². The van der Waals surface area contributed by atoms with Gasteiger partial charge in [-0.2, -0.15) is 0 Å². The molecule has 2 aliphatic rings. The number of amides is 2. The Morgan fingerprint density at radius 2 is 2.12 bits per heavy atom. The smallest absolute Gasteiger partial charge is 0.248 e. The zero-order valence-corrected chi connectivity index (χ0v) is 13.3. The third kappa shape index (κ3) is 2.56. The number of pyridine rings is 1. The SMILES string of the molecule is NC(=O)c1ccc2c(c1)CCCN2C(=O)C1CC1c1cccnc1. The van der Waals surface area contributed by atoms with Crippen LogP contribution in [0.15, 0.2) is 42.7 Å². The van der Waals surface area contributed by atoms with Gasteiger partial charge in [0.1, 0.15) is 0 Å². The van der Waals surface area contributed by atoms with Gasteiger partial charge in [0.25, 0.3) is 0 Å². The highest BCUT2D eigenvalue weighted by Crippen LogP contribution is 2.49. The first-order chi connectivity index (χ1) is 11.6. The van der Waals surface area contributed by atoms with Gasteiger partial charge in [0.15, 0.2) is 0 Å².